The summed E-state index contributed by atoms with van der Waals surface area (Å²) >= 11 is 0. The highest BCUT2D eigenvalue weighted by molar-refractivity contribution is 5.71. The number of unbranched alkanes of at least 4 members (excludes halogenated alkanes) is 17. The minimum atomic E-state index is -0.810. The monoisotopic (exact) mass is 901 g/mol. The molecule has 0 aliphatic rings. The van der Waals surface area contributed by atoms with Gasteiger partial charge in [-0.1, -0.05) is 201 Å². The lowest BCUT2D eigenvalue weighted by molar-refractivity contribution is -0.167. The van der Waals surface area contributed by atoms with Crippen LogP contribution in [0, 0.1) is 0 Å². The number of hydrogen-bond acceptors (Lipinski definition) is 6. The van der Waals surface area contributed by atoms with Gasteiger partial charge in [0.25, 0.3) is 0 Å². The molecule has 0 rings (SSSR count). The van der Waals surface area contributed by atoms with E-state index in [2.05, 4.69) is 130 Å². The van der Waals surface area contributed by atoms with Gasteiger partial charge in [0.15, 0.2) is 6.10 Å². The average molecular weight is 901 g/mol. The predicted octanol–water partition coefficient (Wildman–Crippen LogP) is 17.5. The second-order valence-corrected chi connectivity index (χ2v) is 17.0. The Morgan fingerprint density at radius 3 is 1.00 bits per heavy atom. The van der Waals surface area contributed by atoms with E-state index in [0.29, 0.717) is 19.3 Å². The number of carbonyl (C=O) groups excluding carboxylic acids is 3. The van der Waals surface area contributed by atoms with Crippen molar-refractivity contribution < 1.29 is 28.6 Å². The van der Waals surface area contributed by atoms with Gasteiger partial charge in [0.1, 0.15) is 13.2 Å². The molecule has 1 unspecified atom stereocenters. The van der Waals surface area contributed by atoms with Crippen LogP contribution in [0.2, 0.25) is 0 Å². The number of esters is 3. The summed E-state index contributed by atoms with van der Waals surface area (Å²) in [5.41, 5.74) is 0. The molecule has 0 spiro atoms. The van der Waals surface area contributed by atoms with Crippen molar-refractivity contribution >= 4 is 17.9 Å². The van der Waals surface area contributed by atoms with E-state index in [4.69, 9.17) is 14.2 Å². The number of rotatable bonds is 46. The van der Waals surface area contributed by atoms with Crippen molar-refractivity contribution in [1.82, 2.24) is 0 Å². The maximum absolute atomic E-state index is 12.8. The van der Waals surface area contributed by atoms with Crippen LogP contribution in [0.5, 0.6) is 0 Å². The average Bonchev–Trinajstić information content (AvgIpc) is 3.30. The highest BCUT2D eigenvalue weighted by Gasteiger charge is 2.19. The number of allylic oxidation sites excluding steroid dienone is 18. The fraction of sp³-hybridized carbons (Fsp3) is 0.644. The second kappa shape index (κ2) is 52.7. The summed E-state index contributed by atoms with van der Waals surface area (Å²) in [5.74, 6) is -0.988. The Labute approximate surface area is 400 Å². The van der Waals surface area contributed by atoms with E-state index in [1.54, 1.807) is 0 Å². The molecule has 0 fully saturated rings. The summed E-state index contributed by atoms with van der Waals surface area (Å²) in [4.78, 5) is 38.0. The van der Waals surface area contributed by atoms with Gasteiger partial charge in [0.05, 0.1) is 0 Å². The summed E-state index contributed by atoms with van der Waals surface area (Å²) in [6.45, 7) is 6.30. The normalized spacial score (nSPS) is 13.0. The molecule has 6 heteroatoms. The highest BCUT2D eigenvalue weighted by atomic mass is 16.6. The first kappa shape index (κ1) is 61.1. The summed E-state index contributed by atoms with van der Waals surface area (Å²) in [6, 6.07) is 0. The molecule has 0 aromatic heterocycles. The first-order valence-electron chi connectivity index (χ1n) is 26.4. The van der Waals surface area contributed by atoms with Crippen molar-refractivity contribution in [3.05, 3.63) is 109 Å². The molecule has 0 radical (unpaired) electrons. The van der Waals surface area contributed by atoms with E-state index in [0.717, 1.165) is 116 Å². The summed E-state index contributed by atoms with van der Waals surface area (Å²) in [5, 5.41) is 0. The van der Waals surface area contributed by atoms with Crippen LogP contribution in [-0.4, -0.2) is 37.2 Å². The second-order valence-electron chi connectivity index (χ2n) is 17.0. The zero-order valence-electron chi connectivity index (χ0n) is 42.0. The third kappa shape index (κ3) is 50.9. The maximum Gasteiger partial charge on any atom is 0.306 e. The molecule has 368 valence electrons. The van der Waals surface area contributed by atoms with Crippen LogP contribution >= 0.6 is 0 Å². The molecule has 0 bridgehead atoms. The van der Waals surface area contributed by atoms with Crippen molar-refractivity contribution in [3.8, 4) is 0 Å². The summed E-state index contributed by atoms with van der Waals surface area (Å²) in [7, 11) is 0. The summed E-state index contributed by atoms with van der Waals surface area (Å²) < 4.78 is 16.7. The Hall–Kier alpha value is -3.93. The largest absolute Gasteiger partial charge is 0.462 e. The number of ether oxygens (including phenoxy) is 3. The van der Waals surface area contributed by atoms with Gasteiger partial charge < -0.3 is 14.2 Å². The molecular formula is C59H96O6. The molecule has 0 saturated heterocycles. The van der Waals surface area contributed by atoms with E-state index in [-0.39, 0.29) is 37.5 Å². The van der Waals surface area contributed by atoms with E-state index in [9.17, 15) is 14.4 Å². The van der Waals surface area contributed by atoms with E-state index in [1.807, 2.05) is 0 Å². The molecule has 0 aliphatic heterocycles. The van der Waals surface area contributed by atoms with Crippen molar-refractivity contribution in [1.29, 1.82) is 0 Å². The summed E-state index contributed by atoms with van der Waals surface area (Å²) in [6.07, 6.45) is 70.8. The zero-order valence-corrected chi connectivity index (χ0v) is 42.0. The van der Waals surface area contributed by atoms with Gasteiger partial charge in [-0.05, 0) is 116 Å². The van der Waals surface area contributed by atoms with Crippen LogP contribution in [-0.2, 0) is 28.6 Å². The first-order chi connectivity index (χ1) is 32.0. The fourth-order valence-corrected chi connectivity index (χ4v) is 6.84. The van der Waals surface area contributed by atoms with Crippen molar-refractivity contribution in [2.24, 2.45) is 0 Å². The van der Waals surface area contributed by atoms with E-state index >= 15 is 0 Å². The van der Waals surface area contributed by atoms with Gasteiger partial charge in [-0.15, -0.1) is 0 Å². The lowest BCUT2D eigenvalue weighted by Crippen LogP contribution is -2.30. The Bertz CT molecular complexity index is 1360. The maximum atomic E-state index is 12.8. The van der Waals surface area contributed by atoms with Crippen molar-refractivity contribution in [2.45, 2.75) is 232 Å². The molecule has 0 aromatic rings. The fourth-order valence-electron chi connectivity index (χ4n) is 6.84. The molecule has 0 aromatic carbocycles. The first-order valence-corrected chi connectivity index (χ1v) is 26.4. The molecule has 0 aliphatic carbocycles. The van der Waals surface area contributed by atoms with Gasteiger partial charge in [-0.3, -0.25) is 14.4 Å². The molecular weight excluding hydrogens is 805 g/mol. The third-order valence-corrected chi connectivity index (χ3v) is 10.7. The molecule has 0 heterocycles. The van der Waals surface area contributed by atoms with Crippen molar-refractivity contribution in [3.63, 3.8) is 0 Å². The van der Waals surface area contributed by atoms with E-state index < -0.39 is 6.10 Å². The Morgan fingerprint density at radius 2 is 0.615 bits per heavy atom. The number of hydrogen-bond donors (Lipinski definition) is 0. The number of carbonyl (C=O) groups is 3. The van der Waals surface area contributed by atoms with Crippen LogP contribution in [0.1, 0.15) is 226 Å². The lowest BCUT2D eigenvalue weighted by atomic mass is 10.1. The topological polar surface area (TPSA) is 78.9 Å². The smallest absolute Gasteiger partial charge is 0.306 e. The quantitative estimate of drug-likeness (QED) is 0.0262. The molecule has 0 amide bonds. The molecule has 1 atom stereocenters. The standard InChI is InChI=1S/C59H96O6/c1-4-7-10-13-16-19-22-24-26-28-29-31-32-34-37-40-43-46-49-52-58(61)64-55-56(54-63-57(60)51-48-45-42-39-36-21-18-15-12-9-6-3)65-59(62)53-50-47-44-41-38-35-33-30-27-25-23-20-17-14-11-8-5-2/h7,9-10,12,16-21,24-27,29,31,39,42,56H,4-6,8,11,13-15,22-23,28,30,32-38,40-41,43-55H2,1-3H3/b10-7-,12-9-,19-16-,20-17-,21-18-,26-24-,27-25-,31-29-,42-39-. The van der Waals surface area contributed by atoms with Gasteiger partial charge in [0, 0.05) is 19.3 Å². The Morgan fingerprint density at radius 1 is 0.323 bits per heavy atom. The van der Waals surface area contributed by atoms with Crippen LogP contribution in [0.3, 0.4) is 0 Å². The van der Waals surface area contributed by atoms with Gasteiger partial charge >= 0.3 is 17.9 Å². The highest BCUT2D eigenvalue weighted by Crippen LogP contribution is 2.13. The van der Waals surface area contributed by atoms with Crippen molar-refractivity contribution in [2.75, 3.05) is 13.2 Å². The molecule has 0 N–H and O–H groups in total. The SMILES string of the molecule is CC/C=C\C/C=C\C/C=C\C/C=C\CCCCCCCCC(=O)OCC(COC(=O)CCC/C=C\C/C=C\C/C=C\CC)OC(=O)CCCCCCCCC/C=C\C/C=C\CCCCC. The van der Waals surface area contributed by atoms with Crippen LogP contribution in [0.4, 0.5) is 0 Å². The Kier molecular flexibility index (Phi) is 49.5. The molecule has 6 nitrogen and oxygen atoms in total. The lowest BCUT2D eigenvalue weighted by Gasteiger charge is -2.18. The predicted molar refractivity (Wildman–Crippen MR) is 279 cm³/mol. The van der Waals surface area contributed by atoms with E-state index in [1.165, 1.54) is 64.2 Å². The van der Waals surface area contributed by atoms with Crippen LogP contribution in [0.15, 0.2) is 109 Å². The van der Waals surface area contributed by atoms with Gasteiger partial charge in [-0.2, -0.15) is 0 Å². The van der Waals surface area contributed by atoms with Crippen LogP contribution < -0.4 is 0 Å². The van der Waals surface area contributed by atoms with Gasteiger partial charge in [0.2, 0.25) is 0 Å². The Balaban J connectivity index is 4.45. The van der Waals surface area contributed by atoms with Gasteiger partial charge in [-0.25, -0.2) is 0 Å². The minimum Gasteiger partial charge on any atom is -0.462 e. The molecule has 0 saturated carbocycles. The van der Waals surface area contributed by atoms with Crippen LogP contribution in [0.25, 0.3) is 0 Å². The molecule has 65 heavy (non-hydrogen) atoms. The zero-order chi connectivity index (χ0) is 47.2. The third-order valence-electron chi connectivity index (χ3n) is 10.7. The minimum absolute atomic E-state index is 0.107.